The monoisotopic (exact) mass is 620 g/mol. The van der Waals surface area contributed by atoms with Crippen LogP contribution in [0, 0.1) is 17.6 Å². The fourth-order valence-electron chi connectivity index (χ4n) is 5.56. The number of hydrogen-bond donors (Lipinski definition) is 0. The summed E-state index contributed by atoms with van der Waals surface area (Å²) in [5, 5.41) is 0. The molecule has 0 bridgehead atoms. The number of unbranched alkanes of at least 4 members (excludes halogenated alkanes) is 12. The summed E-state index contributed by atoms with van der Waals surface area (Å²) < 4.78 is 40.1. The van der Waals surface area contributed by atoms with E-state index in [4.69, 9.17) is 9.47 Å². The summed E-state index contributed by atoms with van der Waals surface area (Å²) in [5.41, 5.74) is 1.40. The lowest BCUT2D eigenvalue weighted by Gasteiger charge is -2.10. The van der Waals surface area contributed by atoms with Gasteiger partial charge in [-0.15, -0.1) is 0 Å². The standard InChI is InChI=1S/C38H50F2N2O3/c1-2-3-4-5-6-7-8-9-10-14-17-30-27-41-37(42-28-30)31-20-22-32(23-21-31)45-38(43)33-24-25-34(36(40)35(33)39)44-26-15-12-11-13-16-29-18-19-29/h20-25,27-29H,2-19,26H2,1H3. The highest BCUT2D eigenvalue weighted by Gasteiger charge is 2.22. The zero-order valence-electron chi connectivity index (χ0n) is 27.0. The van der Waals surface area contributed by atoms with Gasteiger partial charge in [-0.05, 0) is 67.1 Å². The van der Waals surface area contributed by atoms with Crippen LogP contribution in [0.1, 0.15) is 132 Å². The Bertz CT molecular complexity index is 1290. The Hall–Kier alpha value is -3.35. The lowest BCUT2D eigenvalue weighted by atomic mass is 10.0. The summed E-state index contributed by atoms with van der Waals surface area (Å²) in [7, 11) is 0. The number of carbonyl (C=O) groups is 1. The van der Waals surface area contributed by atoms with E-state index >= 15 is 0 Å². The Labute approximate surface area is 268 Å². The molecular formula is C38H50F2N2O3. The highest BCUT2D eigenvalue weighted by atomic mass is 19.2. The zero-order chi connectivity index (χ0) is 31.7. The number of ether oxygens (including phenoxy) is 2. The van der Waals surface area contributed by atoms with E-state index in [0.29, 0.717) is 12.4 Å². The van der Waals surface area contributed by atoms with Crippen molar-refractivity contribution >= 4 is 5.97 Å². The van der Waals surface area contributed by atoms with Crippen LogP contribution < -0.4 is 9.47 Å². The molecule has 1 aromatic heterocycles. The lowest BCUT2D eigenvalue weighted by molar-refractivity contribution is 0.0728. The van der Waals surface area contributed by atoms with E-state index in [0.717, 1.165) is 49.1 Å². The maximum Gasteiger partial charge on any atom is 0.346 e. The van der Waals surface area contributed by atoms with E-state index in [1.54, 1.807) is 24.3 Å². The largest absolute Gasteiger partial charge is 0.490 e. The smallest absolute Gasteiger partial charge is 0.346 e. The third-order valence-corrected chi connectivity index (χ3v) is 8.58. The fraction of sp³-hybridized carbons (Fsp3) is 0.553. The summed E-state index contributed by atoms with van der Waals surface area (Å²) >= 11 is 0. The van der Waals surface area contributed by atoms with Crippen LogP contribution in [0.5, 0.6) is 11.5 Å². The number of hydrogen-bond acceptors (Lipinski definition) is 5. The fourth-order valence-corrected chi connectivity index (χ4v) is 5.56. The number of carbonyl (C=O) groups excluding carboxylic acids is 1. The molecule has 1 saturated carbocycles. The van der Waals surface area contributed by atoms with Gasteiger partial charge in [0.2, 0.25) is 5.82 Å². The van der Waals surface area contributed by atoms with Crippen LogP contribution in [0.4, 0.5) is 8.78 Å². The second-order valence-corrected chi connectivity index (χ2v) is 12.5. The number of nitrogens with zero attached hydrogens (tertiary/aromatic N) is 2. The van der Waals surface area contributed by atoms with Crippen molar-refractivity contribution in [2.24, 2.45) is 5.92 Å². The van der Waals surface area contributed by atoms with Crippen molar-refractivity contribution in [1.29, 1.82) is 0 Å². The molecule has 244 valence electrons. The lowest BCUT2D eigenvalue weighted by Crippen LogP contribution is -2.12. The number of esters is 1. The summed E-state index contributed by atoms with van der Waals surface area (Å²) in [6, 6.07) is 9.13. The second-order valence-electron chi connectivity index (χ2n) is 12.5. The van der Waals surface area contributed by atoms with Gasteiger partial charge in [0.15, 0.2) is 17.4 Å². The van der Waals surface area contributed by atoms with Crippen LogP contribution in [0.3, 0.4) is 0 Å². The van der Waals surface area contributed by atoms with Gasteiger partial charge in [-0.1, -0.05) is 103 Å². The molecule has 0 amide bonds. The van der Waals surface area contributed by atoms with Gasteiger partial charge in [-0.2, -0.15) is 4.39 Å². The third kappa shape index (κ3) is 12.2. The molecule has 4 rings (SSSR count). The molecule has 0 saturated heterocycles. The Kier molecular flexibility index (Phi) is 14.8. The summed E-state index contributed by atoms with van der Waals surface area (Å²) in [5.74, 6) is -1.91. The Morgan fingerprint density at radius 3 is 2.04 bits per heavy atom. The molecule has 1 fully saturated rings. The Morgan fingerprint density at radius 1 is 0.756 bits per heavy atom. The third-order valence-electron chi connectivity index (χ3n) is 8.58. The SMILES string of the molecule is CCCCCCCCCCCCc1cnc(-c2ccc(OC(=O)c3ccc(OCCCCCCC4CC4)c(F)c3F)cc2)nc1. The molecule has 1 aliphatic rings. The average Bonchev–Trinajstić information content (AvgIpc) is 3.89. The first-order valence-corrected chi connectivity index (χ1v) is 17.3. The highest BCUT2D eigenvalue weighted by molar-refractivity contribution is 5.91. The van der Waals surface area contributed by atoms with E-state index in [1.807, 2.05) is 12.4 Å². The number of halogens is 2. The molecule has 3 aromatic rings. The van der Waals surface area contributed by atoms with Crippen molar-refractivity contribution in [2.45, 2.75) is 122 Å². The molecule has 5 nitrogen and oxygen atoms in total. The molecule has 1 aliphatic carbocycles. The molecule has 45 heavy (non-hydrogen) atoms. The first-order chi connectivity index (χ1) is 22.0. The van der Waals surface area contributed by atoms with Gasteiger partial charge < -0.3 is 9.47 Å². The summed E-state index contributed by atoms with van der Waals surface area (Å²) in [6.07, 6.45) is 25.9. The number of aryl methyl sites for hydroxylation is 1. The van der Waals surface area contributed by atoms with Gasteiger partial charge in [0.25, 0.3) is 0 Å². The van der Waals surface area contributed by atoms with Crippen molar-refractivity contribution in [3.63, 3.8) is 0 Å². The minimum atomic E-state index is -1.27. The van der Waals surface area contributed by atoms with E-state index in [9.17, 15) is 13.6 Å². The Balaban J connectivity index is 1.16. The zero-order valence-corrected chi connectivity index (χ0v) is 27.0. The number of benzene rings is 2. The van der Waals surface area contributed by atoms with Gasteiger partial charge in [0, 0.05) is 18.0 Å². The van der Waals surface area contributed by atoms with Crippen LogP contribution in [-0.2, 0) is 6.42 Å². The highest BCUT2D eigenvalue weighted by Crippen LogP contribution is 2.34. The minimum absolute atomic E-state index is 0.194. The van der Waals surface area contributed by atoms with Crippen molar-refractivity contribution in [3.8, 4) is 22.9 Å². The van der Waals surface area contributed by atoms with Crippen molar-refractivity contribution in [1.82, 2.24) is 9.97 Å². The molecule has 1 heterocycles. The second kappa shape index (κ2) is 19.2. The predicted octanol–water partition coefficient (Wildman–Crippen LogP) is 10.8. The summed E-state index contributed by atoms with van der Waals surface area (Å²) in [6.45, 7) is 2.56. The molecule has 0 atom stereocenters. The van der Waals surface area contributed by atoms with Crippen LogP contribution in [0.2, 0.25) is 0 Å². The molecule has 0 aliphatic heterocycles. The quantitative estimate of drug-likeness (QED) is 0.0635. The topological polar surface area (TPSA) is 61.3 Å². The Morgan fingerprint density at radius 2 is 1.38 bits per heavy atom. The molecule has 0 spiro atoms. The van der Waals surface area contributed by atoms with Crippen LogP contribution >= 0.6 is 0 Å². The molecule has 0 radical (unpaired) electrons. The average molecular weight is 621 g/mol. The van der Waals surface area contributed by atoms with Gasteiger partial charge in [-0.25, -0.2) is 19.2 Å². The maximum absolute atomic E-state index is 14.7. The molecular weight excluding hydrogens is 570 g/mol. The van der Waals surface area contributed by atoms with Crippen LogP contribution in [-0.4, -0.2) is 22.5 Å². The minimum Gasteiger partial charge on any atom is -0.490 e. The van der Waals surface area contributed by atoms with E-state index in [2.05, 4.69) is 16.9 Å². The first kappa shape index (κ1) is 34.5. The van der Waals surface area contributed by atoms with Crippen molar-refractivity contribution < 1.29 is 23.0 Å². The molecule has 0 unspecified atom stereocenters. The first-order valence-electron chi connectivity index (χ1n) is 17.3. The van der Waals surface area contributed by atoms with Crippen molar-refractivity contribution in [3.05, 3.63) is 71.6 Å². The molecule has 7 heteroatoms. The normalized spacial score (nSPS) is 12.8. The van der Waals surface area contributed by atoms with Gasteiger partial charge in [0.05, 0.1) is 12.2 Å². The van der Waals surface area contributed by atoms with Crippen LogP contribution in [0.25, 0.3) is 11.4 Å². The van der Waals surface area contributed by atoms with Crippen LogP contribution in [0.15, 0.2) is 48.8 Å². The molecule has 0 N–H and O–H groups in total. The maximum atomic E-state index is 14.7. The van der Waals surface area contributed by atoms with Crippen molar-refractivity contribution in [2.75, 3.05) is 6.61 Å². The number of aromatic nitrogens is 2. The van der Waals surface area contributed by atoms with Gasteiger partial charge in [0.1, 0.15) is 5.75 Å². The molecule has 2 aromatic carbocycles. The van der Waals surface area contributed by atoms with E-state index < -0.39 is 23.2 Å². The number of rotatable bonds is 22. The summed E-state index contributed by atoms with van der Waals surface area (Å²) in [4.78, 5) is 21.6. The van der Waals surface area contributed by atoms with E-state index in [-0.39, 0.29) is 11.5 Å². The predicted molar refractivity (Wildman–Crippen MR) is 176 cm³/mol. The van der Waals surface area contributed by atoms with Gasteiger partial charge >= 0.3 is 5.97 Å². The van der Waals surface area contributed by atoms with Gasteiger partial charge in [-0.3, -0.25) is 0 Å². The van der Waals surface area contributed by atoms with E-state index in [1.165, 1.54) is 95.6 Å².